The van der Waals surface area contributed by atoms with E-state index in [0.29, 0.717) is 22.9 Å². The highest BCUT2D eigenvalue weighted by molar-refractivity contribution is 6.31. The fraction of sp³-hybridized carbons (Fsp3) is 0.667. The van der Waals surface area contributed by atoms with Gasteiger partial charge in [-0.25, -0.2) is 4.98 Å². The summed E-state index contributed by atoms with van der Waals surface area (Å²) in [5.41, 5.74) is 1.06. The van der Waals surface area contributed by atoms with Crippen molar-refractivity contribution >= 4 is 11.6 Å². The van der Waals surface area contributed by atoms with E-state index in [0.717, 1.165) is 31.5 Å². The number of ether oxygens (including phenoxy) is 1. The molecule has 0 radical (unpaired) electrons. The Hall–Kier alpha value is -0.800. The summed E-state index contributed by atoms with van der Waals surface area (Å²) in [5.74, 6) is 1.34. The Morgan fingerprint density at radius 2 is 2.16 bits per heavy atom. The number of rotatable bonds is 6. The van der Waals surface area contributed by atoms with Crippen molar-refractivity contribution in [2.75, 3.05) is 6.54 Å². The van der Waals surface area contributed by atoms with Gasteiger partial charge in [0, 0.05) is 18.8 Å². The van der Waals surface area contributed by atoms with Crippen molar-refractivity contribution in [1.82, 2.24) is 10.3 Å². The Morgan fingerprint density at radius 1 is 1.42 bits per heavy atom. The van der Waals surface area contributed by atoms with Gasteiger partial charge >= 0.3 is 0 Å². The van der Waals surface area contributed by atoms with Gasteiger partial charge in [-0.3, -0.25) is 0 Å². The highest BCUT2D eigenvalue weighted by atomic mass is 35.5. The van der Waals surface area contributed by atoms with Crippen molar-refractivity contribution in [3.05, 3.63) is 22.8 Å². The second-order valence-corrected chi connectivity index (χ2v) is 6.07. The van der Waals surface area contributed by atoms with Gasteiger partial charge in [0.2, 0.25) is 5.88 Å². The molecule has 4 heteroatoms. The SMILES string of the molecule is CC(C)CNCc1cc(OC2CCCC2)ncc1Cl. The molecule has 106 valence electrons. The molecule has 1 heterocycles. The molecule has 1 fully saturated rings. The molecule has 0 aliphatic heterocycles. The summed E-state index contributed by atoms with van der Waals surface area (Å²) in [6.45, 7) is 6.13. The van der Waals surface area contributed by atoms with Gasteiger partial charge in [-0.05, 0) is 43.7 Å². The minimum absolute atomic E-state index is 0.338. The third-order valence-corrected chi connectivity index (χ3v) is 3.71. The molecule has 0 bridgehead atoms. The Kier molecular flexibility index (Phi) is 5.46. The van der Waals surface area contributed by atoms with Gasteiger partial charge in [0.25, 0.3) is 0 Å². The van der Waals surface area contributed by atoms with Crippen LogP contribution in [0.5, 0.6) is 5.88 Å². The topological polar surface area (TPSA) is 34.1 Å². The van der Waals surface area contributed by atoms with Gasteiger partial charge in [0.1, 0.15) is 6.10 Å². The summed E-state index contributed by atoms with van der Waals surface area (Å²) in [6, 6.07) is 1.97. The predicted octanol–water partition coefficient (Wildman–Crippen LogP) is 3.80. The van der Waals surface area contributed by atoms with Crippen molar-refractivity contribution in [1.29, 1.82) is 0 Å². The first-order chi connectivity index (χ1) is 9.15. The average Bonchev–Trinajstić information content (AvgIpc) is 2.85. The first-order valence-electron chi connectivity index (χ1n) is 7.17. The molecule has 1 aliphatic rings. The van der Waals surface area contributed by atoms with E-state index in [1.165, 1.54) is 12.8 Å². The van der Waals surface area contributed by atoms with Crippen molar-refractivity contribution in [2.45, 2.75) is 52.2 Å². The van der Waals surface area contributed by atoms with Gasteiger partial charge in [-0.2, -0.15) is 0 Å². The first kappa shape index (κ1) is 14.6. The standard InChI is InChI=1S/C15H23ClN2O/c1-11(2)8-17-9-12-7-15(18-10-14(12)16)19-13-5-3-4-6-13/h7,10-11,13,17H,3-6,8-9H2,1-2H3. The van der Waals surface area contributed by atoms with Gasteiger partial charge in [0.05, 0.1) is 5.02 Å². The minimum Gasteiger partial charge on any atom is -0.474 e. The quantitative estimate of drug-likeness (QED) is 0.862. The van der Waals surface area contributed by atoms with E-state index in [-0.39, 0.29) is 0 Å². The number of hydrogen-bond acceptors (Lipinski definition) is 3. The molecule has 19 heavy (non-hydrogen) atoms. The molecule has 1 aromatic heterocycles. The van der Waals surface area contributed by atoms with Crippen LogP contribution in [0.15, 0.2) is 12.3 Å². The highest BCUT2D eigenvalue weighted by Crippen LogP contribution is 2.25. The molecule has 0 unspecified atom stereocenters. The lowest BCUT2D eigenvalue weighted by atomic mass is 10.2. The van der Waals surface area contributed by atoms with Crippen LogP contribution in [0.25, 0.3) is 0 Å². The largest absolute Gasteiger partial charge is 0.474 e. The maximum Gasteiger partial charge on any atom is 0.213 e. The Bertz CT molecular complexity index is 403. The maximum atomic E-state index is 6.17. The molecule has 1 N–H and O–H groups in total. The van der Waals surface area contributed by atoms with Gasteiger partial charge < -0.3 is 10.1 Å². The summed E-state index contributed by atoms with van der Waals surface area (Å²) < 4.78 is 5.90. The highest BCUT2D eigenvalue weighted by Gasteiger charge is 2.17. The number of pyridine rings is 1. The summed E-state index contributed by atoms with van der Waals surface area (Å²) in [6.07, 6.45) is 6.85. The molecule has 0 saturated heterocycles. The van der Waals surface area contributed by atoms with Gasteiger partial charge in [0.15, 0.2) is 0 Å². The smallest absolute Gasteiger partial charge is 0.213 e. The molecule has 3 nitrogen and oxygen atoms in total. The number of nitrogens with one attached hydrogen (secondary N) is 1. The average molecular weight is 283 g/mol. The molecule has 2 rings (SSSR count). The lowest BCUT2D eigenvalue weighted by molar-refractivity contribution is 0.201. The summed E-state index contributed by atoms with van der Waals surface area (Å²) in [5, 5.41) is 4.10. The Labute approximate surface area is 120 Å². The van der Waals surface area contributed by atoms with Crippen LogP contribution in [0, 0.1) is 5.92 Å². The van der Waals surface area contributed by atoms with Crippen molar-refractivity contribution in [3.63, 3.8) is 0 Å². The lowest BCUT2D eigenvalue weighted by Gasteiger charge is -2.14. The van der Waals surface area contributed by atoms with Crippen LogP contribution in [0.4, 0.5) is 0 Å². The fourth-order valence-electron chi connectivity index (χ4n) is 2.33. The van der Waals surface area contributed by atoms with Crippen molar-refractivity contribution in [3.8, 4) is 5.88 Å². The third-order valence-electron chi connectivity index (χ3n) is 3.37. The van der Waals surface area contributed by atoms with Crippen LogP contribution in [0.2, 0.25) is 5.02 Å². The summed E-state index contributed by atoms with van der Waals surface area (Å²) >= 11 is 6.17. The molecular formula is C15H23ClN2O. The molecular weight excluding hydrogens is 260 g/mol. The molecule has 0 aromatic carbocycles. The monoisotopic (exact) mass is 282 g/mol. The zero-order valence-electron chi connectivity index (χ0n) is 11.8. The van der Waals surface area contributed by atoms with Crippen LogP contribution >= 0.6 is 11.6 Å². The fourth-order valence-corrected chi connectivity index (χ4v) is 2.50. The van der Waals surface area contributed by atoms with Gasteiger partial charge in [-0.15, -0.1) is 0 Å². The van der Waals surface area contributed by atoms with E-state index in [1.807, 2.05) is 6.07 Å². The Morgan fingerprint density at radius 3 is 2.84 bits per heavy atom. The van der Waals surface area contributed by atoms with E-state index in [2.05, 4.69) is 24.1 Å². The third kappa shape index (κ3) is 4.66. The number of hydrogen-bond donors (Lipinski definition) is 1. The van der Waals surface area contributed by atoms with Crippen LogP contribution in [0.1, 0.15) is 45.1 Å². The number of aromatic nitrogens is 1. The predicted molar refractivity (Wildman–Crippen MR) is 78.7 cm³/mol. The Balaban J connectivity index is 1.93. The molecule has 1 aliphatic carbocycles. The molecule has 1 saturated carbocycles. The van der Waals surface area contributed by atoms with Gasteiger partial charge in [-0.1, -0.05) is 25.4 Å². The molecule has 0 spiro atoms. The van der Waals surface area contributed by atoms with Crippen LogP contribution in [0.3, 0.4) is 0 Å². The van der Waals surface area contributed by atoms with Crippen LogP contribution in [-0.2, 0) is 6.54 Å². The molecule has 0 atom stereocenters. The zero-order chi connectivity index (χ0) is 13.7. The second-order valence-electron chi connectivity index (χ2n) is 5.66. The lowest BCUT2D eigenvalue weighted by Crippen LogP contribution is -2.19. The first-order valence-corrected chi connectivity index (χ1v) is 7.54. The van der Waals surface area contributed by atoms with E-state index >= 15 is 0 Å². The second kappa shape index (κ2) is 7.11. The van der Waals surface area contributed by atoms with Crippen molar-refractivity contribution in [2.24, 2.45) is 5.92 Å². The summed E-state index contributed by atoms with van der Waals surface area (Å²) in [4.78, 5) is 4.26. The normalized spacial score (nSPS) is 16.2. The van der Waals surface area contributed by atoms with E-state index in [4.69, 9.17) is 16.3 Å². The van der Waals surface area contributed by atoms with E-state index < -0.39 is 0 Å². The minimum atomic E-state index is 0.338. The maximum absolute atomic E-state index is 6.17. The number of nitrogens with zero attached hydrogens (tertiary/aromatic N) is 1. The van der Waals surface area contributed by atoms with Crippen LogP contribution in [-0.4, -0.2) is 17.6 Å². The van der Waals surface area contributed by atoms with Crippen LogP contribution < -0.4 is 10.1 Å². The zero-order valence-corrected chi connectivity index (χ0v) is 12.5. The molecule has 0 amide bonds. The van der Waals surface area contributed by atoms with Crippen molar-refractivity contribution < 1.29 is 4.74 Å². The van der Waals surface area contributed by atoms with E-state index in [1.54, 1.807) is 6.20 Å². The number of halogens is 1. The molecule has 1 aromatic rings. The van der Waals surface area contributed by atoms with E-state index in [9.17, 15) is 0 Å². The summed E-state index contributed by atoms with van der Waals surface area (Å²) in [7, 11) is 0.